The molecule has 2 aromatic carbocycles. The number of carbonyl (C=O) groups excluding carboxylic acids is 1. The Kier molecular flexibility index (Phi) is 6.45. The fourth-order valence-corrected chi connectivity index (χ4v) is 6.84. The van der Waals surface area contributed by atoms with Crippen LogP contribution in [0.4, 0.5) is 13.2 Å². The molecule has 3 aliphatic rings. The van der Waals surface area contributed by atoms with Crippen molar-refractivity contribution < 1.29 is 32.2 Å². The Bertz CT molecular complexity index is 1030. The third-order valence-corrected chi connectivity index (χ3v) is 8.17. The third-order valence-electron chi connectivity index (χ3n) is 8.17. The zero-order valence-electron chi connectivity index (χ0n) is 20.0. The molecule has 0 spiro atoms. The number of alkyl halides is 3. The smallest absolute Gasteiger partial charge is 0.486 e. The van der Waals surface area contributed by atoms with Crippen molar-refractivity contribution in [2.75, 3.05) is 0 Å². The normalized spacial score (nSPS) is 28.1. The summed E-state index contributed by atoms with van der Waals surface area (Å²) < 4.78 is 55.4. The maximum absolute atomic E-state index is 13.1. The monoisotopic (exact) mass is 488 g/mol. The predicted molar refractivity (Wildman–Crippen MR) is 124 cm³/mol. The molecule has 35 heavy (non-hydrogen) atoms. The van der Waals surface area contributed by atoms with Crippen LogP contribution in [0.2, 0.25) is 0 Å². The van der Waals surface area contributed by atoms with E-state index >= 15 is 0 Å². The SMILES string of the molecule is CC(C)C(Oc1cc(C(=O)Oc2ccccc2)ccc1OC(F)(F)F)C1CC2C3CCC(C3)C2C1. The van der Waals surface area contributed by atoms with E-state index in [4.69, 9.17) is 9.47 Å². The van der Waals surface area contributed by atoms with Gasteiger partial charge in [0.05, 0.1) is 5.56 Å². The predicted octanol–water partition coefficient (Wildman–Crippen LogP) is 7.28. The van der Waals surface area contributed by atoms with Crippen LogP contribution < -0.4 is 14.2 Å². The minimum Gasteiger partial charge on any atom is -0.486 e. The van der Waals surface area contributed by atoms with Gasteiger partial charge in [0.25, 0.3) is 0 Å². The van der Waals surface area contributed by atoms with E-state index in [0.717, 1.165) is 30.7 Å². The summed E-state index contributed by atoms with van der Waals surface area (Å²) in [7, 11) is 0. The number of para-hydroxylation sites is 1. The number of ether oxygens (including phenoxy) is 3. The van der Waals surface area contributed by atoms with E-state index in [1.807, 2.05) is 13.8 Å². The van der Waals surface area contributed by atoms with Gasteiger partial charge in [-0.3, -0.25) is 0 Å². The zero-order valence-corrected chi connectivity index (χ0v) is 20.0. The van der Waals surface area contributed by atoms with Crippen LogP contribution in [0.1, 0.15) is 56.3 Å². The first-order valence-corrected chi connectivity index (χ1v) is 12.5. The molecule has 0 radical (unpaired) electrons. The van der Waals surface area contributed by atoms with Gasteiger partial charge < -0.3 is 14.2 Å². The molecule has 0 aromatic heterocycles. The molecule has 0 saturated heterocycles. The Balaban J connectivity index is 1.39. The maximum atomic E-state index is 13.1. The van der Waals surface area contributed by atoms with Gasteiger partial charge in [0.15, 0.2) is 11.5 Å². The highest BCUT2D eigenvalue weighted by molar-refractivity contribution is 5.91. The van der Waals surface area contributed by atoms with Crippen molar-refractivity contribution in [3.63, 3.8) is 0 Å². The van der Waals surface area contributed by atoms with Crippen LogP contribution in [0.15, 0.2) is 48.5 Å². The molecular formula is C28H31F3O4. The molecule has 7 heteroatoms. The Morgan fingerprint density at radius 3 is 2.17 bits per heavy atom. The van der Waals surface area contributed by atoms with Crippen LogP contribution in [0.25, 0.3) is 0 Å². The summed E-state index contributed by atoms with van der Waals surface area (Å²) in [5, 5.41) is 0. The van der Waals surface area contributed by atoms with Gasteiger partial charge in [0.2, 0.25) is 0 Å². The number of hydrogen-bond acceptors (Lipinski definition) is 4. The third kappa shape index (κ3) is 5.14. The minimum absolute atomic E-state index is 0.0800. The number of carbonyl (C=O) groups is 1. The number of fused-ring (bicyclic) bond motifs is 5. The Labute approximate surface area is 203 Å². The highest BCUT2D eigenvalue weighted by Gasteiger charge is 2.53. The number of halogens is 3. The first-order chi connectivity index (χ1) is 16.7. The lowest BCUT2D eigenvalue weighted by atomic mass is 9.82. The number of benzene rings is 2. The lowest BCUT2D eigenvalue weighted by Gasteiger charge is -2.30. The molecule has 0 amide bonds. The largest absolute Gasteiger partial charge is 0.573 e. The zero-order chi connectivity index (χ0) is 24.7. The van der Waals surface area contributed by atoms with Gasteiger partial charge in [0.1, 0.15) is 11.9 Å². The molecule has 3 fully saturated rings. The van der Waals surface area contributed by atoms with E-state index in [-0.39, 0.29) is 29.3 Å². The van der Waals surface area contributed by atoms with Crippen LogP contribution in [0, 0.1) is 35.5 Å². The fraction of sp³-hybridized carbons (Fsp3) is 0.536. The molecule has 0 heterocycles. The van der Waals surface area contributed by atoms with Crippen molar-refractivity contribution in [1.29, 1.82) is 0 Å². The van der Waals surface area contributed by atoms with E-state index in [9.17, 15) is 18.0 Å². The molecule has 0 N–H and O–H groups in total. The van der Waals surface area contributed by atoms with Gasteiger partial charge in [-0.05, 0) is 97.9 Å². The molecule has 3 aliphatic carbocycles. The molecule has 4 nitrogen and oxygen atoms in total. The van der Waals surface area contributed by atoms with Crippen molar-refractivity contribution in [2.24, 2.45) is 35.5 Å². The summed E-state index contributed by atoms with van der Waals surface area (Å²) in [6.45, 7) is 4.07. The van der Waals surface area contributed by atoms with E-state index in [1.54, 1.807) is 30.3 Å². The van der Waals surface area contributed by atoms with Gasteiger partial charge in [-0.15, -0.1) is 13.2 Å². The molecule has 5 unspecified atom stereocenters. The van der Waals surface area contributed by atoms with Gasteiger partial charge >= 0.3 is 12.3 Å². The maximum Gasteiger partial charge on any atom is 0.573 e. The minimum atomic E-state index is -4.87. The average Bonchev–Trinajstić information content (AvgIpc) is 3.51. The Morgan fingerprint density at radius 1 is 0.914 bits per heavy atom. The summed E-state index contributed by atoms with van der Waals surface area (Å²) in [6, 6.07) is 12.2. The summed E-state index contributed by atoms with van der Waals surface area (Å²) in [5.41, 5.74) is 0.0993. The second kappa shape index (κ2) is 9.40. The van der Waals surface area contributed by atoms with Crippen molar-refractivity contribution in [3.05, 3.63) is 54.1 Å². The highest BCUT2D eigenvalue weighted by Crippen LogP contribution is 2.61. The van der Waals surface area contributed by atoms with Crippen LogP contribution in [-0.2, 0) is 0 Å². The number of hydrogen-bond donors (Lipinski definition) is 0. The first kappa shape index (κ1) is 24.0. The Hall–Kier alpha value is -2.70. The van der Waals surface area contributed by atoms with Gasteiger partial charge in [-0.1, -0.05) is 32.0 Å². The number of rotatable bonds is 7. The summed E-state index contributed by atoms with van der Waals surface area (Å²) in [4.78, 5) is 12.7. The second-order valence-electron chi connectivity index (χ2n) is 10.6. The fourth-order valence-electron chi connectivity index (χ4n) is 6.84. The quantitative estimate of drug-likeness (QED) is 0.303. The summed E-state index contributed by atoms with van der Waals surface area (Å²) >= 11 is 0. The number of esters is 1. The van der Waals surface area contributed by atoms with Crippen LogP contribution in [0.3, 0.4) is 0 Å². The summed E-state index contributed by atoms with van der Waals surface area (Å²) in [6.07, 6.45) is 0.920. The molecule has 0 aliphatic heterocycles. The van der Waals surface area contributed by atoms with Crippen molar-refractivity contribution in [3.8, 4) is 17.2 Å². The van der Waals surface area contributed by atoms with Gasteiger partial charge in [-0.2, -0.15) is 0 Å². The van der Waals surface area contributed by atoms with Gasteiger partial charge in [-0.25, -0.2) is 4.79 Å². The molecule has 2 aromatic rings. The summed E-state index contributed by atoms with van der Waals surface area (Å²) in [5.74, 6) is 2.52. The molecule has 188 valence electrons. The topological polar surface area (TPSA) is 44.8 Å². The standard InChI is InChI=1S/C28H31F3O4/c1-16(2)26(20-13-22-17-8-9-18(12-17)23(22)14-20)34-25-15-19(10-11-24(25)35-28(29,30)31)27(32)33-21-6-4-3-5-7-21/h3-7,10-11,15-18,20,22-23,26H,8-9,12-14H2,1-2H3. The van der Waals surface area contributed by atoms with Crippen LogP contribution in [-0.4, -0.2) is 18.4 Å². The van der Waals surface area contributed by atoms with Crippen molar-refractivity contribution in [2.45, 2.75) is 58.4 Å². The van der Waals surface area contributed by atoms with Crippen molar-refractivity contribution in [1.82, 2.24) is 0 Å². The van der Waals surface area contributed by atoms with E-state index in [2.05, 4.69) is 4.74 Å². The second-order valence-corrected chi connectivity index (χ2v) is 10.6. The van der Waals surface area contributed by atoms with E-state index < -0.39 is 18.1 Å². The van der Waals surface area contributed by atoms with E-state index in [0.29, 0.717) is 17.6 Å². The lowest BCUT2D eigenvalue weighted by Crippen LogP contribution is -2.32. The average molecular weight is 489 g/mol. The van der Waals surface area contributed by atoms with Crippen LogP contribution >= 0.6 is 0 Å². The molecular weight excluding hydrogens is 457 g/mol. The van der Waals surface area contributed by atoms with Crippen molar-refractivity contribution >= 4 is 5.97 Å². The molecule has 2 bridgehead atoms. The first-order valence-electron chi connectivity index (χ1n) is 12.5. The van der Waals surface area contributed by atoms with E-state index in [1.165, 1.54) is 31.4 Å². The highest BCUT2D eigenvalue weighted by atomic mass is 19.4. The molecule has 5 rings (SSSR count). The Morgan fingerprint density at radius 2 is 1.57 bits per heavy atom. The molecule has 5 atom stereocenters. The van der Waals surface area contributed by atoms with Crippen LogP contribution in [0.5, 0.6) is 17.2 Å². The van der Waals surface area contributed by atoms with Gasteiger partial charge in [0, 0.05) is 0 Å². The lowest BCUT2D eigenvalue weighted by molar-refractivity contribution is -0.275. The molecule has 3 saturated carbocycles.